The molecular formula is C35H42FNO4. The molecule has 3 atom stereocenters. The Kier molecular flexibility index (Phi) is 8.69. The fraction of sp³-hybridized carbons (Fsp3) is 0.457. The highest BCUT2D eigenvalue weighted by atomic mass is 19.1. The first-order chi connectivity index (χ1) is 19.7. The summed E-state index contributed by atoms with van der Waals surface area (Å²) in [7, 11) is 1.60. The van der Waals surface area contributed by atoms with E-state index in [1.54, 1.807) is 19.2 Å². The van der Waals surface area contributed by atoms with Gasteiger partial charge < -0.3 is 14.6 Å². The van der Waals surface area contributed by atoms with Gasteiger partial charge in [-0.15, -0.1) is 0 Å². The fourth-order valence-corrected chi connectivity index (χ4v) is 6.43. The Hall–Kier alpha value is -3.38. The van der Waals surface area contributed by atoms with E-state index in [1.807, 2.05) is 36.4 Å². The number of methoxy groups -OCH3 is 1. The molecule has 2 fully saturated rings. The van der Waals surface area contributed by atoms with Crippen molar-refractivity contribution in [1.29, 1.82) is 0 Å². The summed E-state index contributed by atoms with van der Waals surface area (Å²) in [5.41, 5.74) is 4.53. The number of piperidine rings is 1. The van der Waals surface area contributed by atoms with Crippen LogP contribution in [0.2, 0.25) is 0 Å². The van der Waals surface area contributed by atoms with Crippen molar-refractivity contribution in [3.63, 3.8) is 0 Å². The molecule has 1 aliphatic heterocycles. The van der Waals surface area contributed by atoms with Crippen LogP contribution in [-0.2, 0) is 17.9 Å². The van der Waals surface area contributed by atoms with E-state index < -0.39 is 5.97 Å². The highest BCUT2D eigenvalue weighted by molar-refractivity contribution is 5.70. The van der Waals surface area contributed by atoms with Gasteiger partial charge in [0.1, 0.15) is 23.9 Å². The highest BCUT2D eigenvalue weighted by Gasteiger charge is 2.46. The van der Waals surface area contributed by atoms with Crippen LogP contribution in [0, 0.1) is 11.2 Å². The zero-order valence-electron chi connectivity index (χ0n) is 24.7. The van der Waals surface area contributed by atoms with E-state index in [-0.39, 0.29) is 23.6 Å². The van der Waals surface area contributed by atoms with Gasteiger partial charge in [0.2, 0.25) is 0 Å². The largest absolute Gasteiger partial charge is 0.497 e. The number of carboxylic acid groups (broad SMARTS) is 1. The molecule has 0 amide bonds. The molecule has 1 N–H and O–H groups in total. The average molecular weight is 560 g/mol. The molecule has 1 heterocycles. The second kappa shape index (κ2) is 12.2. The van der Waals surface area contributed by atoms with Gasteiger partial charge in [-0.3, -0.25) is 9.69 Å². The summed E-state index contributed by atoms with van der Waals surface area (Å²) >= 11 is 0. The van der Waals surface area contributed by atoms with Crippen LogP contribution in [0.4, 0.5) is 4.39 Å². The van der Waals surface area contributed by atoms with Crippen molar-refractivity contribution >= 4 is 5.97 Å². The smallest absolute Gasteiger partial charge is 0.303 e. The third-order valence-corrected chi connectivity index (χ3v) is 9.29. The van der Waals surface area contributed by atoms with E-state index in [2.05, 4.69) is 31.7 Å². The Morgan fingerprint density at radius 1 is 1.02 bits per heavy atom. The third-order valence-electron chi connectivity index (χ3n) is 9.29. The van der Waals surface area contributed by atoms with Crippen molar-refractivity contribution in [3.05, 3.63) is 83.2 Å². The van der Waals surface area contributed by atoms with Crippen LogP contribution >= 0.6 is 0 Å². The number of carbonyl (C=O) groups is 1. The number of hydrogen-bond acceptors (Lipinski definition) is 4. The van der Waals surface area contributed by atoms with Gasteiger partial charge in [-0.1, -0.05) is 43.7 Å². The summed E-state index contributed by atoms with van der Waals surface area (Å²) in [6.45, 7) is 7.82. The minimum Gasteiger partial charge on any atom is -0.497 e. The van der Waals surface area contributed by atoms with E-state index >= 15 is 4.39 Å². The lowest BCUT2D eigenvalue weighted by Crippen LogP contribution is -2.43. The number of rotatable bonds is 11. The molecule has 2 aliphatic rings. The Labute approximate surface area is 243 Å². The number of carboxylic acids is 1. The average Bonchev–Trinajstić information content (AvgIpc) is 3.71. The lowest BCUT2D eigenvalue weighted by atomic mass is 9.82. The maximum absolute atomic E-state index is 15.1. The maximum atomic E-state index is 15.1. The molecule has 3 aromatic carbocycles. The van der Waals surface area contributed by atoms with Gasteiger partial charge in [0.15, 0.2) is 0 Å². The molecule has 6 heteroatoms. The van der Waals surface area contributed by atoms with Crippen LogP contribution in [0.3, 0.4) is 0 Å². The quantitative estimate of drug-likeness (QED) is 0.257. The second-order valence-corrected chi connectivity index (χ2v) is 12.3. The van der Waals surface area contributed by atoms with Gasteiger partial charge in [-0.25, -0.2) is 4.39 Å². The Bertz CT molecular complexity index is 1370. The number of likely N-dealkylation sites (tertiary alicyclic amines) is 1. The first-order valence-corrected chi connectivity index (χ1v) is 14.8. The monoisotopic (exact) mass is 559 g/mol. The Morgan fingerprint density at radius 3 is 2.46 bits per heavy atom. The summed E-state index contributed by atoms with van der Waals surface area (Å²) < 4.78 is 26.8. The molecule has 3 aromatic rings. The number of nitrogens with zero attached hydrogens (tertiary/aromatic N) is 1. The first kappa shape index (κ1) is 29.1. The predicted molar refractivity (Wildman–Crippen MR) is 160 cm³/mol. The topological polar surface area (TPSA) is 59.0 Å². The maximum Gasteiger partial charge on any atom is 0.303 e. The minimum atomic E-state index is -0.771. The molecule has 1 saturated heterocycles. The van der Waals surface area contributed by atoms with Gasteiger partial charge in [0.05, 0.1) is 13.5 Å². The van der Waals surface area contributed by atoms with E-state index in [0.717, 1.165) is 60.2 Å². The van der Waals surface area contributed by atoms with Gasteiger partial charge in [0, 0.05) is 24.2 Å². The van der Waals surface area contributed by atoms with Crippen molar-refractivity contribution in [2.75, 3.05) is 7.11 Å². The lowest BCUT2D eigenvalue weighted by molar-refractivity contribution is -0.137. The Balaban J connectivity index is 1.41. The molecule has 218 valence electrons. The summed E-state index contributed by atoms with van der Waals surface area (Å²) in [5, 5.41) is 9.52. The van der Waals surface area contributed by atoms with Crippen molar-refractivity contribution in [1.82, 2.24) is 4.90 Å². The molecular weight excluding hydrogens is 517 g/mol. The van der Waals surface area contributed by atoms with E-state index in [0.29, 0.717) is 30.0 Å². The molecule has 0 aromatic heterocycles. The number of ether oxygens (including phenoxy) is 2. The molecule has 5 rings (SSSR count). The zero-order valence-corrected chi connectivity index (χ0v) is 24.7. The van der Waals surface area contributed by atoms with Crippen molar-refractivity contribution in [3.8, 4) is 22.6 Å². The lowest BCUT2D eigenvalue weighted by Gasteiger charge is -2.39. The normalized spacial score (nSPS) is 20.8. The second-order valence-electron chi connectivity index (χ2n) is 12.3. The van der Waals surface area contributed by atoms with Crippen molar-refractivity contribution < 1.29 is 23.8 Å². The minimum absolute atomic E-state index is 0.0271. The fourth-order valence-electron chi connectivity index (χ4n) is 6.43. The van der Waals surface area contributed by atoms with E-state index in [1.165, 1.54) is 12.5 Å². The van der Waals surface area contributed by atoms with Crippen LogP contribution in [0.5, 0.6) is 11.5 Å². The van der Waals surface area contributed by atoms with E-state index in [4.69, 9.17) is 9.47 Å². The standard InChI is InChI=1S/C35H42FNO4/c1-23-7-5-8-24(2)37(23)21-27-17-25(11-13-30(27)31-19-28(40-4)12-14-33(31)36)22-41-29-10-6-9-26(18-29)32(20-34(38)39)35(3)15-16-35/h6,9-14,17-19,23-24,32H,5,7-8,15-16,20-22H2,1-4H3,(H,38,39)/t23-,24-,32+/m1/s1. The SMILES string of the molecule is COc1ccc(F)c(-c2ccc(COc3cccc([C@H](CC(=O)O)C4(C)CC4)c3)cc2CN2[C@H](C)CCC[C@H]2C)c1. The van der Waals surface area contributed by atoms with Crippen molar-refractivity contribution in [2.45, 2.75) is 90.4 Å². The van der Waals surface area contributed by atoms with Crippen LogP contribution < -0.4 is 9.47 Å². The summed E-state index contributed by atoms with van der Waals surface area (Å²) in [4.78, 5) is 14.1. The Morgan fingerprint density at radius 2 is 1.78 bits per heavy atom. The molecule has 41 heavy (non-hydrogen) atoms. The number of benzene rings is 3. The molecule has 1 aliphatic carbocycles. The summed E-state index contributed by atoms with van der Waals surface area (Å²) in [6.07, 6.45) is 5.78. The van der Waals surface area contributed by atoms with Gasteiger partial charge >= 0.3 is 5.97 Å². The number of halogens is 1. The molecule has 0 bridgehead atoms. The summed E-state index contributed by atoms with van der Waals surface area (Å²) in [5.74, 6) is 0.283. The van der Waals surface area contributed by atoms with Gasteiger partial charge in [0.25, 0.3) is 0 Å². The highest BCUT2D eigenvalue weighted by Crippen LogP contribution is 2.57. The summed E-state index contributed by atoms with van der Waals surface area (Å²) in [6, 6.07) is 19.8. The molecule has 0 unspecified atom stereocenters. The first-order valence-electron chi connectivity index (χ1n) is 14.8. The molecule has 5 nitrogen and oxygen atoms in total. The van der Waals surface area contributed by atoms with Crippen LogP contribution in [0.25, 0.3) is 11.1 Å². The van der Waals surface area contributed by atoms with Gasteiger partial charge in [-0.05, 0) is 103 Å². The predicted octanol–water partition coefficient (Wildman–Crippen LogP) is 8.20. The van der Waals surface area contributed by atoms with E-state index in [9.17, 15) is 9.90 Å². The number of hydrogen-bond donors (Lipinski definition) is 1. The number of aliphatic carboxylic acids is 1. The van der Waals surface area contributed by atoms with Crippen molar-refractivity contribution in [2.24, 2.45) is 5.41 Å². The molecule has 0 spiro atoms. The molecule has 1 saturated carbocycles. The van der Waals surface area contributed by atoms with Crippen LogP contribution in [-0.4, -0.2) is 35.2 Å². The van der Waals surface area contributed by atoms with Crippen LogP contribution in [0.1, 0.15) is 81.9 Å². The van der Waals surface area contributed by atoms with Gasteiger partial charge in [-0.2, -0.15) is 0 Å². The third kappa shape index (κ3) is 6.75. The zero-order chi connectivity index (χ0) is 29.1. The van der Waals surface area contributed by atoms with Crippen LogP contribution in [0.15, 0.2) is 60.7 Å². The molecule has 0 radical (unpaired) electrons.